The van der Waals surface area contributed by atoms with E-state index in [4.69, 9.17) is 9.81 Å². The predicted octanol–water partition coefficient (Wildman–Crippen LogP) is 3.41. The van der Waals surface area contributed by atoms with Crippen molar-refractivity contribution in [3.05, 3.63) is 59.2 Å². The zero-order valence-corrected chi connectivity index (χ0v) is 18.3. The molecule has 9 heteroatoms. The summed E-state index contributed by atoms with van der Waals surface area (Å²) in [6, 6.07) is 13.5. The molecule has 0 aromatic heterocycles. The molecule has 2 aromatic rings. The van der Waals surface area contributed by atoms with E-state index >= 15 is 0 Å². The average Bonchev–Trinajstić information content (AvgIpc) is 3.05. The molecule has 0 saturated heterocycles. The van der Waals surface area contributed by atoms with Crippen molar-refractivity contribution in [2.45, 2.75) is 31.1 Å². The van der Waals surface area contributed by atoms with Gasteiger partial charge in [0.1, 0.15) is 0 Å². The van der Waals surface area contributed by atoms with Crippen molar-refractivity contribution in [1.29, 1.82) is 5.26 Å². The topological polar surface area (TPSA) is 114 Å². The number of fused-ring (bicyclic) bond motifs is 1. The third-order valence-corrected chi connectivity index (χ3v) is 6.44. The van der Waals surface area contributed by atoms with Crippen LogP contribution in [0.25, 0.3) is 6.08 Å². The molecule has 4 rings (SSSR count). The summed E-state index contributed by atoms with van der Waals surface area (Å²) < 4.78 is 31.7. The number of nitrogens with zero attached hydrogens (tertiary/aromatic N) is 4. The number of hydrogen-bond donors (Lipinski definition) is 1. The maximum absolute atomic E-state index is 13.1. The molecule has 2 aromatic carbocycles. The lowest BCUT2D eigenvalue weighted by atomic mass is 9.95. The molecule has 1 amide bonds. The van der Waals surface area contributed by atoms with Gasteiger partial charge in [0, 0.05) is 18.8 Å². The van der Waals surface area contributed by atoms with Gasteiger partial charge in [0.25, 0.3) is 16.0 Å². The number of hydrogen-bond acceptors (Lipinski definition) is 6. The SMILES string of the molecule is CC1=NN(c2ccc(S(=O)(=O)O)cc2)C(=O)C1=Cc1cccc2c1N(CCC#N)CCC2. The van der Waals surface area contributed by atoms with Crippen LogP contribution in [0.1, 0.15) is 30.9 Å². The first-order chi connectivity index (χ1) is 15.3. The number of anilines is 2. The van der Waals surface area contributed by atoms with Crippen molar-refractivity contribution in [3.63, 3.8) is 0 Å². The second kappa shape index (κ2) is 8.57. The third-order valence-electron chi connectivity index (χ3n) is 5.58. The fourth-order valence-electron chi connectivity index (χ4n) is 4.07. The van der Waals surface area contributed by atoms with E-state index in [1.807, 2.05) is 18.2 Å². The summed E-state index contributed by atoms with van der Waals surface area (Å²) in [5.74, 6) is -0.320. The molecule has 0 fully saturated rings. The fraction of sp³-hybridized carbons (Fsp3) is 0.261. The predicted molar refractivity (Wildman–Crippen MR) is 122 cm³/mol. The van der Waals surface area contributed by atoms with Crippen LogP contribution in [-0.4, -0.2) is 37.7 Å². The van der Waals surface area contributed by atoms with E-state index < -0.39 is 10.1 Å². The first kappa shape index (κ1) is 21.7. The van der Waals surface area contributed by atoms with E-state index in [1.165, 1.54) is 34.8 Å². The van der Waals surface area contributed by atoms with Crippen molar-refractivity contribution in [1.82, 2.24) is 0 Å². The van der Waals surface area contributed by atoms with Crippen molar-refractivity contribution in [2.24, 2.45) is 5.10 Å². The number of hydrazone groups is 1. The summed E-state index contributed by atoms with van der Waals surface area (Å²) in [5.41, 5.74) is 4.55. The Morgan fingerprint density at radius 1 is 1.22 bits per heavy atom. The first-order valence-corrected chi connectivity index (χ1v) is 11.7. The van der Waals surface area contributed by atoms with E-state index in [9.17, 15) is 13.2 Å². The van der Waals surface area contributed by atoms with Crippen LogP contribution in [0.15, 0.2) is 58.0 Å². The average molecular weight is 451 g/mol. The highest BCUT2D eigenvalue weighted by Crippen LogP contribution is 2.34. The minimum atomic E-state index is -4.32. The van der Waals surface area contributed by atoms with Crippen molar-refractivity contribution < 1.29 is 17.8 Å². The number of amides is 1. The lowest BCUT2D eigenvalue weighted by Crippen LogP contribution is -2.31. The van der Waals surface area contributed by atoms with Gasteiger partial charge in [-0.3, -0.25) is 9.35 Å². The third kappa shape index (κ3) is 4.15. The largest absolute Gasteiger partial charge is 0.370 e. The molecule has 1 N–H and O–H groups in total. The smallest absolute Gasteiger partial charge is 0.294 e. The Balaban J connectivity index is 1.68. The molecule has 2 aliphatic heterocycles. The number of benzene rings is 2. The van der Waals surface area contributed by atoms with Crippen LogP contribution in [0.4, 0.5) is 11.4 Å². The maximum Gasteiger partial charge on any atom is 0.294 e. The van der Waals surface area contributed by atoms with Crippen molar-refractivity contribution >= 4 is 39.2 Å². The summed E-state index contributed by atoms with van der Waals surface area (Å²) in [4.78, 5) is 15.1. The summed E-state index contributed by atoms with van der Waals surface area (Å²) in [7, 11) is -4.32. The monoisotopic (exact) mass is 450 g/mol. The maximum atomic E-state index is 13.1. The van der Waals surface area contributed by atoms with Crippen molar-refractivity contribution in [3.8, 4) is 6.07 Å². The minimum Gasteiger partial charge on any atom is -0.370 e. The van der Waals surface area contributed by atoms with Gasteiger partial charge in [-0.1, -0.05) is 18.2 Å². The molecule has 2 heterocycles. The number of para-hydroxylation sites is 1. The quantitative estimate of drug-likeness (QED) is 0.552. The van der Waals surface area contributed by atoms with Crippen LogP contribution in [0.5, 0.6) is 0 Å². The second-order valence-electron chi connectivity index (χ2n) is 7.68. The van der Waals surface area contributed by atoms with E-state index in [-0.39, 0.29) is 10.8 Å². The van der Waals surface area contributed by atoms with Crippen LogP contribution in [0.3, 0.4) is 0 Å². The molecule has 0 radical (unpaired) electrons. The molecule has 2 aliphatic rings. The first-order valence-electron chi connectivity index (χ1n) is 10.2. The van der Waals surface area contributed by atoms with Gasteiger partial charge >= 0.3 is 0 Å². The van der Waals surface area contributed by atoms with Gasteiger partial charge in [-0.2, -0.15) is 23.8 Å². The summed E-state index contributed by atoms with van der Waals surface area (Å²) in [6.45, 7) is 3.25. The number of carbonyl (C=O) groups is 1. The molecule has 0 bridgehead atoms. The van der Waals surface area contributed by atoms with Gasteiger partial charge < -0.3 is 4.90 Å². The molecule has 8 nitrogen and oxygen atoms in total. The van der Waals surface area contributed by atoms with E-state index in [1.54, 1.807) is 6.92 Å². The lowest BCUT2D eigenvalue weighted by Gasteiger charge is -2.32. The molecule has 164 valence electrons. The van der Waals surface area contributed by atoms with Crippen LogP contribution >= 0.6 is 0 Å². The Hall–Kier alpha value is -3.48. The molecule has 32 heavy (non-hydrogen) atoms. The molecule has 0 unspecified atom stereocenters. The zero-order chi connectivity index (χ0) is 22.9. The summed E-state index contributed by atoms with van der Waals surface area (Å²) in [5, 5.41) is 14.6. The minimum absolute atomic E-state index is 0.252. The Kier molecular flexibility index (Phi) is 5.82. The summed E-state index contributed by atoms with van der Waals surface area (Å²) in [6.07, 6.45) is 4.22. The number of rotatable bonds is 5. The summed E-state index contributed by atoms with van der Waals surface area (Å²) >= 11 is 0. The molecule has 0 spiro atoms. The molecule has 0 atom stereocenters. The standard InChI is InChI=1S/C23H22N4O4S/c1-16-21(23(28)27(25-16)19-8-10-20(11-9-19)32(29,30)31)15-18-6-2-5-17-7-3-13-26(22(17)18)14-4-12-24/h2,5-6,8-11,15H,3-4,7,13-14H2,1H3,(H,29,30,31). The Morgan fingerprint density at radius 3 is 2.66 bits per heavy atom. The Bertz CT molecular complexity index is 1270. The van der Waals surface area contributed by atoms with Gasteiger partial charge in [0.05, 0.1) is 34.4 Å². The Morgan fingerprint density at radius 2 is 1.97 bits per heavy atom. The van der Waals surface area contributed by atoms with E-state index in [0.29, 0.717) is 29.9 Å². The highest BCUT2D eigenvalue weighted by molar-refractivity contribution is 7.85. The van der Waals surface area contributed by atoms with E-state index in [0.717, 1.165) is 30.6 Å². The number of nitriles is 1. The van der Waals surface area contributed by atoms with Crippen molar-refractivity contribution in [2.75, 3.05) is 23.0 Å². The second-order valence-corrected chi connectivity index (χ2v) is 9.10. The molecule has 0 aliphatic carbocycles. The fourth-order valence-corrected chi connectivity index (χ4v) is 4.55. The highest BCUT2D eigenvalue weighted by Gasteiger charge is 2.30. The normalized spacial score (nSPS) is 17.3. The van der Waals surface area contributed by atoms with Gasteiger partial charge in [-0.05, 0) is 61.2 Å². The van der Waals surface area contributed by atoms with E-state index in [2.05, 4.69) is 22.1 Å². The highest BCUT2D eigenvalue weighted by atomic mass is 32.2. The Labute approximate surface area is 186 Å². The van der Waals surface area contributed by atoms with Gasteiger partial charge in [0.15, 0.2) is 0 Å². The van der Waals surface area contributed by atoms with Gasteiger partial charge in [0.2, 0.25) is 0 Å². The lowest BCUT2D eigenvalue weighted by molar-refractivity contribution is -0.114. The van der Waals surface area contributed by atoms with Crippen LogP contribution in [-0.2, 0) is 21.3 Å². The molecular weight excluding hydrogens is 428 g/mol. The zero-order valence-electron chi connectivity index (χ0n) is 17.5. The molecular formula is C23H22N4O4S. The van der Waals surface area contributed by atoms with Gasteiger partial charge in [-0.25, -0.2) is 0 Å². The number of aryl methyl sites for hydroxylation is 1. The van der Waals surface area contributed by atoms with Crippen LogP contribution < -0.4 is 9.91 Å². The van der Waals surface area contributed by atoms with Crippen LogP contribution in [0, 0.1) is 11.3 Å². The van der Waals surface area contributed by atoms with Gasteiger partial charge in [-0.15, -0.1) is 0 Å². The number of carbonyl (C=O) groups excluding carboxylic acids is 1. The van der Waals surface area contributed by atoms with Crippen LogP contribution in [0.2, 0.25) is 0 Å². The molecule has 0 saturated carbocycles.